The molecule has 6 heteroatoms. The van der Waals surface area contributed by atoms with Crippen LogP contribution in [0.25, 0.3) is 0 Å². The lowest BCUT2D eigenvalue weighted by atomic mass is 10.0. The van der Waals surface area contributed by atoms with Gasteiger partial charge in [-0.3, -0.25) is 14.4 Å². The quantitative estimate of drug-likeness (QED) is 0.0349. The lowest BCUT2D eigenvalue weighted by molar-refractivity contribution is -0.167. The molecular formula is C49H94O6. The highest BCUT2D eigenvalue weighted by Crippen LogP contribution is 2.17. The summed E-state index contributed by atoms with van der Waals surface area (Å²) in [6.45, 7) is 13.6. The third-order valence-electron chi connectivity index (χ3n) is 10.9. The second-order valence-corrected chi connectivity index (χ2v) is 18.2. The van der Waals surface area contributed by atoms with E-state index in [1.54, 1.807) is 0 Å². The molecule has 6 nitrogen and oxygen atoms in total. The molecule has 0 fully saturated rings. The van der Waals surface area contributed by atoms with E-state index in [0.29, 0.717) is 19.3 Å². The molecule has 0 saturated heterocycles. The molecule has 326 valence electrons. The number of esters is 3. The van der Waals surface area contributed by atoms with E-state index in [2.05, 4.69) is 41.5 Å². The standard InChI is InChI=1S/C49H94O6/c1-43(2)35-29-23-17-13-10-8-7-9-11-15-19-26-32-38-47(50)53-41-46(42-54-48(51)39-33-27-22-21-25-31-37-45(5)6)55-49(52)40-34-28-20-16-12-14-18-24-30-36-44(3)4/h43-46H,7-42H2,1-6H3/t46-/m1/s1. The van der Waals surface area contributed by atoms with Crippen LogP contribution in [0.1, 0.15) is 260 Å². The van der Waals surface area contributed by atoms with E-state index in [1.165, 1.54) is 141 Å². The predicted octanol–water partition coefficient (Wildman–Crippen LogP) is 15.2. The molecular weight excluding hydrogens is 685 g/mol. The number of carbonyl (C=O) groups excluding carboxylic acids is 3. The molecule has 0 aromatic carbocycles. The number of ether oxygens (including phenoxy) is 3. The fourth-order valence-electron chi connectivity index (χ4n) is 7.23. The van der Waals surface area contributed by atoms with Crippen LogP contribution in [-0.4, -0.2) is 37.2 Å². The van der Waals surface area contributed by atoms with E-state index >= 15 is 0 Å². The number of hydrogen-bond acceptors (Lipinski definition) is 6. The van der Waals surface area contributed by atoms with Crippen molar-refractivity contribution in [3.63, 3.8) is 0 Å². The number of unbranched alkanes of at least 4 members (excludes halogenated alkanes) is 25. The Kier molecular flexibility index (Phi) is 39.4. The summed E-state index contributed by atoms with van der Waals surface area (Å²) < 4.78 is 16.7. The van der Waals surface area contributed by atoms with Gasteiger partial charge in [0.25, 0.3) is 0 Å². The molecule has 1 atom stereocenters. The number of rotatable bonds is 42. The van der Waals surface area contributed by atoms with Crippen molar-refractivity contribution >= 4 is 17.9 Å². The van der Waals surface area contributed by atoms with Crippen molar-refractivity contribution in [1.82, 2.24) is 0 Å². The lowest BCUT2D eigenvalue weighted by Crippen LogP contribution is -2.30. The van der Waals surface area contributed by atoms with Gasteiger partial charge in [-0.15, -0.1) is 0 Å². The molecule has 0 unspecified atom stereocenters. The largest absolute Gasteiger partial charge is 0.462 e. The Morgan fingerprint density at radius 2 is 0.527 bits per heavy atom. The molecule has 0 saturated carbocycles. The van der Waals surface area contributed by atoms with Gasteiger partial charge in [-0.1, -0.05) is 221 Å². The fraction of sp³-hybridized carbons (Fsp3) is 0.939. The van der Waals surface area contributed by atoms with Gasteiger partial charge in [-0.25, -0.2) is 0 Å². The minimum atomic E-state index is -0.762. The fourth-order valence-corrected chi connectivity index (χ4v) is 7.23. The SMILES string of the molecule is CC(C)CCCCCCCCCCCCCCCC(=O)OC[C@H](COC(=O)CCCCCCCCC(C)C)OC(=O)CCCCCCCCCCCC(C)C. The Morgan fingerprint density at radius 3 is 0.782 bits per heavy atom. The summed E-state index contributed by atoms with van der Waals surface area (Å²) in [7, 11) is 0. The Balaban J connectivity index is 4.28. The summed E-state index contributed by atoms with van der Waals surface area (Å²) in [5.74, 6) is 1.55. The van der Waals surface area contributed by atoms with Crippen LogP contribution >= 0.6 is 0 Å². The average Bonchev–Trinajstić information content (AvgIpc) is 3.13. The zero-order chi connectivity index (χ0) is 40.6. The molecule has 0 bridgehead atoms. The molecule has 0 aliphatic carbocycles. The monoisotopic (exact) mass is 779 g/mol. The smallest absolute Gasteiger partial charge is 0.306 e. The zero-order valence-corrected chi connectivity index (χ0v) is 37.7. The summed E-state index contributed by atoms with van der Waals surface area (Å²) in [5, 5.41) is 0. The van der Waals surface area contributed by atoms with Crippen LogP contribution < -0.4 is 0 Å². The molecule has 0 amide bonds. The van der Waals surface area contributed by atoms with E-state index in [1.807, 2.05) is 0 Å². The van der Waals surface area contributed by atoms with Crippen molar-refractivity contribution < 1.29 is 28.6 Å². The summed E-state index contributed by atoms with van der Waals surface area (Å²) in [6, 6.07) is 0. The van der Waals surface area contributed by atoms with Crippen molar-refractivity contribution in [2.24, 2.45) is 17.8 Å². The van der Waals surface area contributed by atoms with E-state index in [9.17, 15) is 14.4 Å². The van der Waals surface area contributed by atoms with Crippen molar-refractivity contribution in [2.75, 3.05) is 13.2 Å². The molecule has 0 aliphatic heterocycles. The van der Waals surface area contributed by atoms with Crippen LogP contribution in [0.4, 0.5) is 0 Å². The Bertz CT molecular complexity index is 852. The van der Waals surface area contributed by atoms with E-state index in [0.717, 1.165) is 75.5 Å². The van der Waals surface area contributed by atoms with Crippen molar-refractivity contribution in [1.29, 1.82) is 0 Å². The summed E-state index contributed by atoms with van der Waals surface area (Å²) >= 11 is 0. The first-order valence-corrected chi connectivity index (χ1v) is 24.1. The lowest BCUT2D eigenvalue weighted by Gasteiger charge is -2.18. The minimum absolute atomic E-state index is 0.0661. The van der Waals surface area contributed by atoms with Gasteiger partial charge in [0.2, 0.25) is 0 Å². The molecule has 0 heterocycles. The van der Waals surface area contributed by atoms with Crippen molar-refractivity contribution in [2.45, 2.75) is 266 Å². The van der Waals surface area contributed by atoms with E-state index in [-0.39, 0.29) is 31.1 Å². The number of hydrogen-bond donors (Lipinski definition) is 0. The average molecular weight is 779 g/mol. The first-order chi connectivity index (χ1) is 26.6. The highest BCUT2D eigenvalue weighted by Gasteiger charge is 2.19. The summed E-state index contributed by atoms with van der Waals surface area (Å²) in [5.41, 5.74) is 0. The maximum atomic E-state index is 12.7. The number of carbonyl (C=O) groups is 3. The van der Waals surface area contributed by atoms with Crippen molar-refractivity contribution in [3.05, 3.63) is 0 Å². The summed E-state index contributed by atoms with van der Waals surface area (Å²) in [4.78, 5) is 37.8. The maximum absolute atomic E-state index is 12.7. The zero-order valence-electron chi connectivity index (χ0n) is 37.7. The van der Waals surface area contributed by atoms with Crippen LogP contribution in [0.2, 0.25) is 0 Å². The van der Waals surface area contributed by atoms with Gasteiger partial charge in [0.1, 0.15) is 13.2 Å². The molecule has 55 heavy (non-hydrogen) atoms. The van der Waals surface area contributed by atoms with Gasteiger partial charge in [-0.2, -0.15) is 0 Å². The van der Waals surface area contributed by atoms with Gasteiger partial charge < -0.3 is 14.2 Å². The van der Waals surface area contributed by atoms with Crippen LogP contribution in [0, 0.1) is 17.8 Å². The van der Waals surface area contributed by atoms with Gasteiger partial charge in [-0.05, 0) is 37.0 Å². The normalized spacial score (nSPS) is 12.2. The van der Waals surface area contributed by atoms with E-state index < -0.39 is 6.10 Å². The van der Waals surface area contributed by atoms with Gasteiger partial charge >= 0.3 is 17.9 Å². The molecule has 0 radical (unpaired) electrons. The van der Waals surface area contributed by atoms with Gasteiger partial charge in [0.05, 0.1) is 0 Å². The van der Waals surface area contributed by atoms with Crippen LogP contribution in [-0.2, 0) is 28.6 Å². The van der Waals surface area contributed by atoms with Crippen molar-refractivity contribution in [3.8, 4) is 0 Å². The van der Waals surface area contributed by atoms with E-state index in [4.69, 9.17) is 14.2 Å². The minimum Gasteiger partial charge on any atom is -0.462 e. The van der Waals surface area contributed by atoms with Crippen LogP contribution in [0.15, 0.2) is 0 Å². The first-order valence-electron chi connectivity index (χ1n) is 24.1. The second kappa shape index (κ2) is 40.6. The molecule has 0 N–H and O–H groups in total. The van der Waals surface area contributed by atoms with Crippen LogP contribution in [0.3, 0.4) is 0 Å². The molecule has 0 spiro atoms. The van der Waals surface area contributed by atoms with Crippen LogP contribution in [0.5, 0.6) is 0 Å². The Labute approximate surface area is 342 Å². The first kappa shape index (κ1) is 53.4. The summed E-state index contributed by atoms with van der Waals surface area (Å²) in [6.07, 6.45) is 38.2. The molecule has 0 rings (SSSR count). The molecule has 0 aliphatic rings. The second-order valence-electron chi connectivity index (χ2n) is 18.2. The topological polar surface area (TPSA) is 78.9 Å². The third-order valence-corrected chi connectivity index (χ3v) is 10.9. The van der Waals surface area contributed by atoms with Gasteiger partial charge in [0, 0.05) is 19.3 Å². The Morgan fingerprint density at radius 1 is 0.309 bits per heavy atom. The molecule has 0 aromatic rings. The molecule has 0 aromatic heterocycles. The maximum Gasteiger partial charge on any atom is 0.306 e. The highest BCUT2D eigenvalue weighted by molar-refractivity contribution is 5.71. The van der Waals surface area contributed by atoms with Gasteiger partial charge in [0.15, 0.2) is 6.10 Å². The Hall–Kier alpha value is -1.59. The third kappa shape index (κ3) is 43.4. The highest BCUT2D eigenvalue weighted by atomic mass is 16.6. The predicted molar refractivity (Wildman–Crippen MR) is 233 cm³/mol.